The van der Waals surface area contributed by atoms with Crippen LogP contribution in [0.25, 0.3) is 10.8 Å². The Bertz CT molecular complexity index is 676. The van der Waals surface area contributed by atoms with Gasteiger partial charge in [-0.15, -0.1) is 0 Å². The largest absolute Gasteiger partial charge is 0.398 e. The summed E-state index contributed by atoms with van der Waals surface area (Å²) in [5.41, 5.74) is 7.04. The van der Waals surface area contributed by atoms with Crippen molar-refractivity contribution in [3.05, 3.63) is 36.2 Å². The average molecular weight is 300 g/mol. The Hall–Kier alpha value is -2.18. The van der Waals surface area contributed by atoms with Crippen LogP contribution in [0.5, 0.6) is 0 Å². The van der Waals surface area contributed by atoms with Gasteiger partial charge in [0.25, 0.3) is 5.91 Å². The van der Waals surface area contributed by atoms with Crippen LogP contribution >= 0.6 is 0 Å². The summed E-state index contributed by atoms with van der Waals surface area (Å²) in [6.07, 6.45) is 1.65. The molecular weight excluding hydrogens is 280 g/mol. The van der Waals surface area contributed by atoms with E-state index in [1.807, 2.05) is 23.1 Å². The fraction of sp³-hybridized carbons (Fsp3) is 0.375. The molecule has 1 fully saturated rings. The van der Waals surface area contributed by atoms with E-state index in [9.17, 15) is 4.79 Å². The highest BCUT2D eigenvalue weighted by Crippen LogP contribution is 2.24. The number of amides is 1. The van der Waals surface area contributed by atoms with Gasteiger partial charge in [-0.25, -0.2) is 0 Å². The minimum absolute atomic E-state index is 0.0767. The van der Waals surface area contributed by atoms with E-state index in [-0.39, 0.29) is 12.5 Å². The predicted octanol–water partition coefficient (Wildman–Crippen LogP) is 0.567. The molecule has 1 amide bonds. The second-order valence-electron chi connectivity index (χ2n) is 5.46. The van der Waals surface area contributed by atoms with E-state index in [2.05, 4.69) is 9.88 Å². The normalized spacial score (nSPS) is 16.1. The number of nitrogens with zero attached hydrogens (tertiary/aromatic N) is 3. The Morgan fingerprint density at radius 1 is 1.23 bits per heavy atom. The van der Waals surface area contributed by atoms with Gasteiger partial charge < -0.3 is 15.7 Å². The lowest BCUT2D eigenvalue weighted by molar-refractivity contribution is 0.0611. The van der Waals surface area contributed by atoms with Crippen LogP contribution in [-0.2, 0) is 0 Å². The summed E-state index contributed by atoms with van der Waals surface area (Å²) in [4.78, 5) is 21.0. The molecular formula is C16H20N4O2. The summed E-state index contributed by atoms with van der Waals surface area (Å²) in [6.45, 7) is 3.63. The molecule has 6 heteroatoms. The SMILES string of the molecule is Nc1cccc2ccnc(C(=O)N3CCN(CCO)CC3)c12. The first-order chi connectivity index (χ1) is 10.7. The summed E-state index contributed by atoms with van der Waals surface area (Å²) in [6, 6.07) is 7.46. The number of aliphatic hydroxyl groups is 1. The van der Waals surface area contributed by atoms with Crippen LogP contribution in [-0.4, -0.2) is 65.1 Å². The lowest BCUT2D eigenvalue weighted by Crippen LogP contribution is -2.49. The number of hydrogen-bond acceptors (Lipinski definition) is 5. The number of carbonyl (C=O) groups excluding carboxylic acids is 1. The molecule has 3 N–H and O–H groups in total. The van der Waals surface area contributed by atoms with Crippen molar-refractivity contribution in [1.29, 1.82) is 0 Å². The van der Waals surface area contributed by atoms with Crippen molar-refractivity contribution in [3.63, 3.8) is 0 Å². The van der Waals surface area contributed by atoms with Crippen molar-refractivity contribution < 1.29 is 9.90 Å². The maximum absolute atomic E-state index is 12.8. The Balaban J connectivity index is 1.84. The summed E-state index contributed by atoms with van der Waals surface area (Å²) in [5.74, 6) is -0.0767. The molecule has 1 saturated heterocycles. The van der Waals surface area contributed by atoms with E-state index in [0.717, 1.165) is 23.9 Å². The number of aromatic nitrogens is 1. The van der Waals surface area contributed by atoms with Gasteiger partial charge in [0.1, 0.15) is 5.69 Å². The monoisotopic (exact) mass is 300 g/mol. The predicted molar refractivity (Wildman–Crippen MR) is 85.6 cm³/mol. The number of fused-ring (bicyclic) bond motifs is 1. The smallest absolute Gasteiger partial charge is 0.273 e. The van der Waals surface area contributed by atoms with Gasteiger partial charge in [0, 0.05) is 50.0 Å². The summed E-state index contributed by atoms with van der Waals surface area (Å²) >= 11 is 0. The maximum Gasteiger partial charge on any atom is 0.273 e. The first kappa shape index (κ1) is 14.7. The Morgan fingerprint density at radius 2 is 2.00 bits per heavy atom. The van der Waals surface area contributed by atoms with Crippen molar-refractivity contribution in [3.8, 4) is 0 Å². The highest BCUT2D eigenvalue weighted by molar-refractivity contribution is 6.09. The molecule has 116 valence electrons. The topological polar surface area (TPSA) is 82.7 Å². The Kier molecular flexibility index (Phi) is 4.22. The minimum atomic E-state index is -0.0767. The number of pyridine rings is 1. The second kappa shape index (κ2) is 6.29. The number of anilines is 1. The second-order valence-corrected chi connectivity index (χ2v) is 5.46. The summed E-state index contributed by atoms with van der Waals surface area (Å²) < 4.78 is 0. The molecule has 0 unspecified atom stereocenters. The van der Waals surface area contributed by atoms with Crippen LogP contribution in [0.2, 0.25) is 0 Å². The number of piperazine rings is 1. The zero-order valence-electron chi connectivity index (χ0n) is 12.4. The van der Waals surface area contributed by atoms with Crippen molar-refractivity contribution in [1.82, 2.24) is 14.8 Å². The molecule has 6 nitrogen and oxygen atoms in total. The molecule has 0 spiro atoms. The first-order valence-corrected chi connectivity index (χ1v) is 7.46. The van der Waals surface area contributed by atoms with E-state index >= 15 is 0 Å². The van der Waals surface area contributed by atoms with Crippen LogP contribution < -0.4 is 5.73 Å². The molecule has 0 saturated carbocycles. The molecule has 0 radical (unpaired) electrons. The van der Waals surface area contributed by atoms with Crippen LogP contribution in [0.15, 0.2) is 30.5 Å². The average Bonchev–Trinajstić information content (AvgIpc) is 2.55. The number of hydrogen-bond donors (Lipinski definition) is 2. The number of β-amino-alcohol motifs (C(OH)–C–C–N with tert-alkyl or cyclic N) is 1. The molecule has 22 heavy (non-hydrogen) atoms. The van der Waals surface area contributed by atoms with Gasteiger partial charge in [-0.05, 0) is 17.5 Å². The highest BCUT2D eigenvalue weighted by atomic mass is 16.3. The molecule has 1 aromatic heterocycles. The van der Waals surface area contributed by atoms with E-state index < -0.39 is 0 Å². The molecule has 0 atom stereocenters. The van der Waals surface area contributed by atoms with Crippen molar-refractivity contribution in [2.75, 3.05) is 45.1 Å². The standard InChI is InChI=1S/C16H20N4O2/c17-13-3-1-2-12-4-5-18-15(14(12)13)16(22)20-8-6-19(7-9-20)10-11-21/h1-5,21H,6-11,17H2. The Morgan fingerprint density at radius 3 is 2.73 bits per heavy atom. The van der Waals surface area contributed by atoms with Crippen LogP contribution in [0.3, 0.4) is 0 Å². The van der Waals surface area contributed by atoms with E-state index in [4.69, 9.17) is 10.8 Å². The molecule has 2 aromatic rings. The number of aliphatic hydroxyl groups excluding tert-OH is 1. The van der Waals surface area contributed by atoms with Gasteiger partial charge >= 0.3 is 0 Å². The third kappa shape index (κ3) is 2.75. The van der Waals surface area contributed by atoms with Gasteiger partial charge in [0.05, 0.1) is 6.61 Å². The summed E-state index contributed by atoms with van der Waals surface area (Å²) in [7, 11) is 0. The minimum Gasteiger partial charge on any atom is -0.398 e. The lowest BCUT2D eigenvalue weighted by atomic mass is 10.1. The van der Waals surface area contributed by atoms with Crippen LogP contribution in [0.4, 0.5) is 5.69 Å². The van der Waals surface area contributed by atoms with E-state index in [1.54, 1.807) is 12.3 Å². The van der Waals surface area contributed by atoms with Crippen LogP contribution in [0.1, 0.15) is 10.5 Å². The van der Waals surface area contributed by atoms with Crippen molar-refractivity contribution in [2.24, 2.45) is 0 Å². The third-order valence-corrected chi connectivity index (χ3v) is 4.10. The molecule has 1 aromatic carbocycles. The molecule has 3 rings (SSSR count). The molecule has 1 aliphatic rings. The zero-order valence-corrected chi connectivity index (χ0v) is 12.4. The zero-order chi connectivity index (χ0) is 15.5. The number of benzene rings is 1. The number of rotatable bonds is 3. The maximum atomic E-state index is 12.8. The number of nitrogens with two attached hydrogens (primary N) is 1. The Labute approximate surface area is 129 Å². The molecule has 0 bridgehead atoms. The first-order valence-electron chi connectivity index (χ1n) is 7.46. The van der Waals surface area contributed by atoms with Gasteiger partial charge in [-0.3, -0.25) is 14.7 Å². The molecule has 1 aliphatic heterocycles. The van der Waals surface area contributed by atoms with E-state index in [1.165, 1.54) is 0 Å². The fourth-order valence-corrected chi connectivity index (χ4v) is 2.89. The number of nitrogen functional groups attached to an aromatic ring is 1. The lowest BCUT2D eigenvalue weighted by Gasteiger charge is -2.34. The quantitative estimate of drug-likeness (QED) is 0.810. The van der Waals surface area contributed by atoms with Gasteiger partial charge in [0.15, 0.2) is 0 Å². The van der Waals surface area contributed by atoms with E-state index in [0.29, 0.717) is 31.0 Å². The van der Waals surface area contributed by atoms with Crippen molar-refractivity contribution in [2.45, 2.75) is 0 Å². The van der Waals surface area contributed by atoms with Crippen LogP contribution in [0, 0.1) is 0 Å². The van der Waals surface area contributed by atoms with Gasteiger partial charge in [-0.1, -0.05) is 12.1 Å². The fourth-order valence-electron chi connectivity index (χ4n) is 2.89. The molecule has 0 aliphatic carbocycles. The van der Waals surface area contributed by atoms with Crippen molar-refractivity contribution >= 4 is 22.4 Å². The van der Waals surface area contributed by atoms with Gasteiger partial charge in [-0.2, -0.15) is 0 Å². The number of carbonyl (C=O) groups is 1. The summed E-state index contributed by atoms with van der Waals surface area (Å²) in [5, 5.41) is 10.6. The highest BCUT2D eigenvalue weighted by Gasteiger charge is 2.24. The third-order valence-electron chi connectivity index (χ3n) is 4.10. The molecule has 2 heterocycles. The van der Waals surface area contributed by atoms with Gasteiger partial charge in [0.2, 0.25) is 0 Å².